The molecule has 0 saturated carbocycles. The molecule has 0 bridgehead atoms. The van der Waals surface area contributed by atoms with Crippen LogP contribution in [0.1, 0.15) is 12.8 Å². The van der Waals surface area contributed by atoms with Crippen LogP contribution >= 0.6 is 0 Å². The maximum atomic E-state index is 11.0. The summed E-state index contributed by atoms with van der Waals surface area (Å²) in [6.45, 7) is 0. The molecule has 1 heterocycles. The van der Waals surface area contributed by atoms with Crippen LogP contribution < -0.4 is 0 Å². The van der Waals surface area contributed by atoms with Crippen LogP contribution in [0.5, 0.6) is 0 Å². The third-order valence-electron chi connectivity index (χ3n) is 1.43. The highest BCUT2D eigenvalue weighted by molar-refractivity contribution is 5.96. The quantitative estimate of drug-likeness (QED) is 0.464. The molecule has 86 valence electrons. The average Bonchev–Trinajstić information content (AvgIpc) is 2.21. The second-order valence-corrected chi connectivity index (χ2v) is 2.65. The van der Waals surface area contributed by atoms with E-state index in [1.165, 1.54) is 0 Å². The standard InChI is InChI=1S/C8H6O8/c9-5-1-2-6(10)15-16-7(11)3-4(14-5)8(12)13/h3H,1-2H2,(H,12,13)/b4-3+. The van der Waals surface area contributed by atoms with Gasteiger partial charge >= 0.3 is 23.9 Å². The van der Waals surface area contributed by atoms with Gasteiger partial charge in [0.25, 0.3) is 0 Å². The lowest BCUT2D eigenvalue weighted by atomic mass is 10.3. The molecule has 1 aliphatic heterocycles. The molecule has 0 atom stereocenters. The van der Waals surface area contributed by atoms with Gasteiger partial charge in [0.05, 0.1) is 18.9 Å². The largest absolute Gasteiger partial charge is 0.475 e. The van der Waals surface area contributed by atoms with Crippen molar-refractivity contribution >= 4 is 23.9 Å². The van der Waals surface area contributed by atoms with Crippen molar-refractivity contribution in [2.24, 2.45) is 0 Å². The topological polar surface area (TPSA) is 116 Å². The molecule has 0 saturated heterocycles. The molecule has 0 fully saturated rings. The lowest BCUT2D eigenvalue weighted by Crippen LogP contribution is -2.18. The van der Waals surface area contributed by atoms with E-state index in [1.54, 1.807) is 0 Å². The number of ether oxygens (including phenoxy) is 1. The first-order valence-electron chi connectivity index (χ1n) is 4.06. The van der Waals surface area contributed by atoms with Crippen molar-refractivity contribution in [3.8, 4) is 0 Å². The van der Waals surface area contributed by atoms with Crippen molar-refractivity contribution in [2.45, 2.75) is 12.8 Å². The molecule has 0 radical (unpaired) electrons. The molecule has 1 aliphatic rings. The number of esters is 1. The van der Waals surface area contributed by atoms with Gasteiger partial charge in [-0.05, 0) is 0 Å². The average molecular weight is 230 g/mol. The second-order valence-electron chi connectivity index (χ2n) is 2.65. The van der Waals surface area contributed by atoms with E-state index in [2.05, 4.69) is 14.5 Å². The zero-order valence-corrected chi connectivity index (χ0v) is 7.80. The summed E-state index contributed by atoms with van der Waals surface area (Å²) in [5.41, 5.74) is 0. The third-order valence-corrected chi connectivity index (χ3v) is 1.43. The zero-order valence-electron chi connectivity index (χ0n) is 7.80. The molecule has 0 aromatic carbocycles. The first-order valence-corrected chi connectivity index (χ1v) is 4.06. The highest BCUT2D eigenvalue weighted by Crippen LogP contribution is 2.06. The summed E-state index contributed by atoms with van der Waals surface area (Å²) in [7, 11) is 0. The monoisotopic (exact) mass is 230 g/mol. The summed E-state index contributed by atoms with van der Waals surface area (Å²) in [6, 6.07) is 0. The van der Waals surface area contributed by atoms with Crippen LogP contribution in [0, 0.1) is 0 Å². The summed E-state index contributed by atoms with van der Waals surface area (Å²) in [5, 5.41) is 8.54. The minimum absolute atomic E-state index is 0.374. The van der Waals surface area contributed by atoms with Crippen LogP contribution in [0.4, 0.5) is 0 Å². The summed E-state index contributed by atoms with van der Waals surface area (Å²) >= 11 is 0. The lowest BCUT2D eigenvalue weighted by molar-refractivity contribution is -0.255. The smallest absolute Gasteiger partial charge is 0.383 e. The normalized spacial score (nSPS) is 21.0. The molecular weight excluding hydrogens is 224 g/mol. The second kappa shape index (κ2) is 4.91. The van der Waals surface area contributed by atoms with Crippen LogP contribution in [-0.4, -0.2) is 29.0 Å². The molecule has 0 amide bonds. The Balaban J connectivity index is 2.88. The number of carboxylic acids is 1. The molecule has 0 aromatic heterocycles. The Kier molecular flexibility index (Phi) is 3.59. The third kappa shape index (κ3) is 3.40. The SMILES string of the molecule is O=C1/C=C(\C(=O)O)OC(=O)CCC(=O)OO1. The van der Waals surface area contributed by atoms with Gasteiger partial charge in [-0.25, -0.2) is 24.2 Å². The Morgan fingerprint density at radius 3 is 2.38 bits per heavy atom. The van der Waals surface area contributed by atoms with E-state index in [4.69, 9.17) is 5.11 Å². The fraction of sp³-hybridized carbons (Fsp3) is 0.250. The summed E-state index contributed by atoms with van der Waals surface area (Å²) in [6.07, 6.45) is -0.362. The summed E-state index contributed by atoms with van der Waals surface area (Å²) in [4.78, 5) is 51.0. The van der Waals surface area contributed by atoms with Gasteiger partial charge in [0.15, 0.2) is 0 Å². The zero-order chi connectivity index (χ0) is 12.1. The van der Waals surface area contributed by atoms with E-state index in [0.29, 0.717) is 6.08 Å². The van der Waals surface area contributed by atoms with Crippen molar-refractivity contribution < 1.29 is 38.8 Å². The molecule has 0 spiro atoms. The van der Waals surface area contributed by atoms with Gasteiger partial charge in [0.1, 0.15) is 0 Å². The van der Waals surface area contributed by atoms with Gasteiger partial charge < -0.3 is 9.84 Å². The van der Waals surface area contributed by atoms with Crippen molar-refractivity contribution in [3.05, 3.63) is 11.8 Å². The van der Waals surface area contributed by atoms with E-state index >= 15 is 0 Å². The van der Waals surface area contributed by atoms with E-state index in [1.807, 2.05) is 0 Å². The summed E-state index contributed by atoms with van der Waals surface area (Å²) < 4.78 is 4.32. The van der Waals surface area contributed by atoms with Crippen LogP contribution in [0.3, 0.4) is 0 Å². The highest BCUT2D eigenvalue weighted by atomic mass is 17.2. The van der Waals surface area contributed by atoms with Crippen molar-refractivity contribution in [1.29, 1.82) is 0 Å². The number of rotatable bonds is 1. The molecule has 0 unspecified atom stereocenters. The number of carbonyl (C=O) groups is 4. The molecule has 1 rings (SSSR count). The molecule has 0 aliphatic carbocycles. The first-order chi connectivity index (χ1) is 7.49. The minimum atomic E-state index is -1.61. The Morgan fingerprint density at radius 2 is 1.75 bits per heavy atom. The molecule has 8 heteroatoms. The predicted octanol–water partition coefficient (Wildman–Crippen LogP) is -0.707. The fourth-order valence-electron chi connectivity index (χ4n) is 0.773. The molecule has 8 nitrogen and oxygen atoms in total. The lowest BCUT2D eigenvalue weighted by Gasteiger charge is -2.06. The van der Waals surface area contributed by atoms with E-state index in [-0.39, 0.29) is 12.8 Å². The Bertz CT molecular complexity index is 379. The van der Waals surface area contributed by atoms with E-state index in [9.17, 15) is 19.2 Å². The maximum Gasteiger partial charge on any atom is 0.383 e. The number of carboxylic acid groups (broad SMARTS) is 1. The van der Waals surface area contributed by atoms with Crippen molar-refractivity contribution in [1.82, 2.24) is 0 Å². The van der Waals surface area contributed by atoms with Crippen LogP contribution in [-0.2, 0) is 33.7 Å². The fourth-order valence-corrected chi connectivity index (χ4v) is 0.773. The Hall–Kier alpha value is -2.38. The van der Waals surface area contributed by atoms with Gasteiger partial charge in [-0.2, -0.15) is 0 Å². The number of cyclic esters (lactones) is 1. The molecular formula is C8H6O8. The number of hydrogen-bond acceptors (Lipinski definition) is 7. The minimum Gasteiger partial charge on any atom is -0.475 e. The number of aliphatic carboxylic acids is 1. The van der Waals surface area contributed by atoms with Gasteiger partial charge in [0, 0.05) is 0 Å². The van der Waals surface area contributed by atoms with Gasteiger partial charge in [-0.3, -0.25) is 4.79 Å². The van der Waals surface area contributed by atoms with Gasteiger partial charge in [-0.1, -0.05) is 0 Å². The summed E-state index contributed by atoms with van der Waals surface area (Å²) in [5.74, 6) is -5.66. The Morgan fingerprint density at radius 1 is 1.12 bits per heavy atom. The van der Waals surface area contributed by atoms with E-state index < -0.39 is 29.6 Å². The van der Waals surface area contributed by atoms with Gasteiger partial charge in [-0.15, -0.1) is 0 Å². The van der Waals surface area contributed by atoms with Crippen LogP contribution in [0.25, 0.3) is 0 Å². The van der Waals surface area contributed by atoms with Crippen LogP contribution in [0.2, 0.25) is 0 Å². The number of carbonyl (C=O) groups excluding carboxylic acids is 3. The molecule has 0 aromatic rings. The Labute approximate surface area is 88.3 Å². The first kappa shape index (κ1) is 11.7. The maximum absolute atomic E-state index is 11.0. The van der Waals surface area contributed by atoms with Crippen molar-refractivity contribution in [3.63, 3.8) is 0 Å². The number of hydrogen-bond donors (Lipinski definition) is 1. The van der Waals surface area contributed by atoms with E-state index in [0.717, 1.165) is 0 Å². The molecule has 1 N–H and O–H groups in total. The van der Waals surface area contributed by atoms with Gasteiger partial charge in [0.2, 0.25) is 5.76 Å². The predicted molar refractivity (Wildman–Crippen MR) is 43.2 cm³/mol. The van der Waals surface area contributed by atoms with Crippen molar-refractivity contribution in [2.75, 3.05) is 0 Å². The molecule has 16 heavy (non-hydrogen) atoms. The van der Waals surface area contributed by atoms with Crippen LogP contribution in [0.15, 0.2) is 11.8 Å². The highest BCUT2D eigenvalue weighted by Gasteiger charge is 2.21.